The first-order valence-electron chi connectivity index (χ1n) is 8.23. The Morgan fingerprint density at radius 3 is 2.33 bits per heavy atom. The Labute approximate surface area is 142 Å². The van der Waals surface area contributed by atoms with Gasteiger partial charge in [0.1, 0.15) is 5.82 Å². The summed E-state index contributed by atoms with van der Waals surface area (Å²) in [4.78, 5) is 14.1. The minimum absolute atomic E-state index is 0.152. The molecule has 0 aliphatic rings. The molecule has 0 bridgehead atoms. The Morgan fingerprint density at radius 1 is 1.04 bits per heavy atom. The molecule has 0 aliphatic heterocycles. The summed E-state index contributed by atoms with van der Waals surface area (Å²) in [6.07, 6.45) is 0. The molecule has 24 heavy (non-hydrogen) atoms. The van der Waals surface area contributed by atoms with Crippen LogP contribution in [0.25, 0.3) is 0 Å². The van der Waals surface area contributed by atoms with Crippen molar-refractivity contribution >= 4 is 17.3 Å². The Hall–Kier alpha value is -2.56. The lowest BCUT2D eigenvalue weighted by molar-refractivity contribution is -0.119. The Balaban J connectivity index is 1.80. The lowest BCUT2D eigenvalue weighted by atomic mass is 10.2. The molecule has 0 radical (unpaired) electrons. The average molecular weight is 329 g/mol. The Morgan fingerprint density at radius 2 is 1.71 bits per heavy atom. The summed E-state index contributed by atoms with van der Waals surface area (Å²) in [6.45, 7) is 6.50. The van der Waals surface area contributed by atoms with E-state index in [-0.39, 0.29) is 24.8 Å². The molecule has 0 unspecified atom stereocenters. The third kappa shape index (κ3) is 4.98. The highest BCUT2D eigenvalue weighted by Gasteiger charge is 2.05. The largest absolute Gasteiger partial charge is 0.376 e. The van der Waals surface area contributed by atoms with Crippen molar-refractivity contribution in [2.75, 3.05) is 29.9 Å². The van der Waals surface area contributed by atoms with Gasteiger partial charge < -0.3 is 15.5 Å². The number of nitrogens with one attached hydrogen (secondary N) is 2. The molecular formula is C19H24FN3O. The highest BCUT2D eigenvalue weighted by molar-refractivity contribution is 5.80. The van der Waals surface area contributed by atoms with Crippen molar-refractivity contribution in [2.45, 2.75) is 20.4 Å². The monoisotopic (exact) mass is 329 g/mol. The fourth-order valence-electron chi connectivity index (χ4n) is 2.46. The second kappa shape index (κ2) is 8.91. The summed E-state index contributed by atoms with van der Waals surface area (Å²) in [5.41, 5.74) is 2.52. The molecule has 2 aromatic rings. The number of nitrogens with zero attached hydrogens (tertiary/aromatic N) is 1. The molecule has 0 saturated heterocycles. The molecule has 2 rings (SSSR count). The van der Waals surface area contributed by atoms with Gasteiger partial charge in [0, 0.05) is 36.6 Å². The van der Waals surface area contributed by atoms with Crippen molar-refractivity contribution in [3.8, 4) is 0 Å². The zero-order valence-electron chi connectivity index (χ0n) is 14.2. The van der Waals surface area contributed by atoms with Crippen LogP contribution in [-0.2, 0) is 11.3 Å². The number of halogens is 1. The maximum absolute atomic E-state index is 13.5. The van der Waals surface area contributed by atoms with Crippen molar-refractivity contribution in [2.24, 2.45) is 0 Å². The Bertz CT molecular complexity index is 654. The van der Waals surface area contributed by atoms with Crippen LogP contribution in [0, 0.1) is 5.82 Å². The first-order chi connectivity index (χ1) is 11.6. The number of hydrogen-bond donors (Lipinski definition) is 2. The normalized spacial score (nSPS) is 10.3. The second-order valence-electron chi connectivity index (χ2n) is 5.44. The van der Waals surface area contributed by atoms with Crippen molar-refractivity contribution < 1.29 is 9.18 Å². The predicted octanol–water partition coefficient (Wildman–Crippen LogP) is 3.40. The van der Waals surface area contributed by atoms with Crippen molar-refractivity contribution in [1.29, 1.82) is 0 Å². The third-order valence-corrected chi connectivity index (χ3v) is 3.88. The maximum Gasteiger partial charge on any atom is 0.239 e. The number of carbonyl (C=O) groups is 1. The number of anilines is 2. The first-order valence-corrected chi connectivity index (χ1v) is 8.23. The molecule has 0 atom stereocenters. The predicted molar refractivity (Wildman–Crippen MR) is 96.7 cm³/mol. The first kappa shape index (κ1) is 17.8. The van der Waals surface area contributed by atoms with E-state index in [1.54, 1.807) is 18.2 Å². The minimum atomic E-state index is -0.308. The lowest BCUT2D eigenvalue weighted by Crippen LogP contribution is -2.29. The SMILES string of the molecule is CCN(CC)c1ccc(NCC(=O)NCc2ccccc2F)cc1. The van der Waals surface area contributed by atoms with Crippen molar-refractivity contribution in [1.82, 2.24) is 5.32 Å². The van der Waals surface area contributed by atoms with Crippen LogP contribution in [0.1, 0.15) is 19.4 Å². The van der Waals surface area contributed by atoms with Gasteiger partial charge in [0.25, 0.3) is 0 Å². The van der Waals surface area contributed by atoms with Gasteiger partial charge in [-0.1, -0.05) is 18.2 Å². The third-order valence-electron chi connectivity index (χ3n) is 3.88. The van der Waals surface area contributed by atoms with Gasteiger partial charge in [0.05, 0.1) is 6.54 Å². The van der Waals surface area contributed by atoms with E-state index < -0.39 is 0 Å². The molecule has 1 amide bonds. The van der Waals surface area contributed by atoms with Gasteiger partial charge in [0.15, 0.2) is 0 Å². The van der Waals surface area contributed by atoms with Crippen LogP contribution in [0.4, 0.5) is 15.8 Å². The average Bonchev–Trinajstić information content (AvgIpc) is 2.61. The zero-order chi connectivity index (χ0) is 17.4. The minimum Gasteiger partial charge on any atom is -0.376 e. The van der Waals surface area contributed by atoms with Crippen LogP contribution >= 0.6 is 0 Å². The fraction of sp³-hybridized carbons (Fsp3) is 0.316. The number of amides is 1. The molecule has 0 spiro atoms. The van der Waals surface area contributed by atoms with E-state index >= 15 is 0 Å². The maximum atomic E-state index is 13.5. The number of carbonyl (C=O) groups excluding carboxylic acids is 1. The summed E-state index contributed by atoms with van der Waals surface area (Å²) < 4.78 is 13.5. The molecule has 0 heterocycles. The van der Waals surface area contributed by atoms with Gasteiger partial charge in [-0.25, -0.2) is 4.39 Å². The molecule has 0 aromatic heterocycles. The van der Waals surface area contributed by atoms with Gasteiger partial charge in [-0.2, -0.15) is 0 Å². The van der Waals surface area contributed by atoms with E-state index in [0.29, 0.717) is 5.56 Å². The van der Waals surface area contributed by atoms with Crippen LogP contribution < -0.4 is 15.5 Å². The van der Waals surface area contributed by atoms with E-state index in [4.69, 9.17) is 0 Å². The number of benzene rings is 2. The summed E-state index contributed by atoms with van der Waals surface area (Å²) in [5, 5.41) is 5.78. The highest BCUT2D eigenvalue weighted by Crippen LogP contribution is 2.17. The molecule has 0 aliphatic carbocycles. The summed E-state index contributed by atoms with van der Waals surface area (Å²) in [5.74, 6) is -0.483. The van der Waals surface area contributed by atoms with Gasteiger partial charge in [-0.3, -0.25) is 4.79 Å². The smallest absolute Gasteiger partial charge is 0.239 e. The van der Waals surface area contributed by atoms with Gasteiger partial charge in [0.2, 0.25) is 5.91 Å². The quantitative estimate of drug-likeness (QED) is 0.780. The Kier molecular flexibility index (Phi) is 6.61. The van der Waals surface area contributed by atoms with E-state index in [1.807, 2.05) is 24.3 Å². The van der Waals surface area contributed by atoms with Gasteiger partial charge in [-0.15, -0.1) is 0 Å². The standard InChI is InChI=1S/C19H24FN3O/c1-3-23(4-2)17-11-9-16(10-12-17)21-14-19(24)22-13-15-7-5-6-8-18(15)20/h5-12,21H,3-4,13-14H2,1-2H3,(H,22,24). The van der Waals surface area contributed by atoms with Crippen molar-refractivity contribution in [3.05, 3.63) is 59.9 Å². The number of rotatable bonds is 8. The number of hydrogen-bond acceptors (Lipinski definition) is 3. The lowest BCUT2D eigenvalue weighted by Gasteiger charge is -2.21. The summed E-state index contributed by atoms with van der Waals surface area (Å²) >= 11 is 0. The zero-order valence-corrected chi connectivity index (χ0v) is 14.2. The molecule has 2 aromatic carbocycles. The second-order valence-corrected chi connectivity index (χ2v) is 5.44. The molecular weight excluding hydrogens is 305 g/mol. The molecule has 5 heteroatoms. The van der Waals surface area contributed by atoms with Gasteiger partial charge >= 0.3 is 0 Å². The van der Waals surface area contributed by atoms with Gasteiger partial charge in [-0.05, 0) is 44.2 Å². The van der Waals surface area contributed by atoms with E-state index in [0.717, 1.165) is 24.5 Å². The van der Waals surface area contributed by atoms with E-state index in [9.17, 15) is 9.18 Å². The van der Waals surface area contributed by atoms with E-state index in [2.05, 4.69) is 29.4 Å². The molecule has 4 nitrogen and oxygen atoms in total. The van der Waals surface area contributed by atoms with Crippen molar-refractivity contribution in [3.63, 3.8) is 0 Å². The fourth-order valence-corrected chi connectivity index (χ4v) is 2.46. The molecule has 2 N–H and O–H groups in total. The van der Waals surface area contributed by atoms with E-state index in [1.165, 1.54) is 6.07 Å². The highest BCUT2D eigenvalue weighted by atomic mass is 19.1. The summed E-state index contributed by atoms with van der Waals surface area (Å²) in [7, 11) is 0. The van der Waals surface area contributed by atoms with Crippen LogP contribution in [0.2, 0.25) is 0 Å². The van der Waals surface area contributed by atoms with Crippen LogP contribution in [0.15, 0.2) is 48.5 Å². The topological polar surface area (TPSA) is 44.4 Å². The summed E-state index contributed by atoms with van der Waals surface area (Å²) in [6, 6.07) is 14.4. The molecule has 0 saturated carbocycles. The molecule has 0 fully saturated rings. The van der Waals surface area contributed by atoms with Crippen LogP contribution in [0.3, 0.4) is 0 Å². The molecule has 128 valence electrons. The van der Waals surface area contributed by atoms with Crippen LogP contribution in [0.5, 0.6) is 0 Å². The van der Waals surface area contributed by atoms with Crippen LogP contribution in [-0.4, -0.2) is 25.5 Å².